The van der Waals surface area contributed by atoms with Crippen LogP contribution in [0, 0.1) is 0 Å². The number of nitrogens with zero attached hydrogens (tertiary/aromatic N) is 1. The highest BCUT2D eigenvalue weighted by Gasteiger charge is 2.12. The van der Waals surface area contributed by atoms with Crippen LogP contribution in [0.4, 0.5) is 0 Å². The van der Waals surface area contributed by atoms with Crippen LogP contribution in [0.2, 0.25) is 0 Å². The van der Waals surface area contributed by atoms with Crippen LogP contribution in [0.5, 0.6) is 0 Å². The van der Waals surface area contributed by atoms with E-state index in [9.17, 15) is 0 Å². The van der Waals surface area contributed by atoms with Gasteiger partial charge < -0.3 is 10.5 Å². The van der Waals surface area contributed by atoms with Crippen molar-refractivity contribution in [3.8, 4) is 0 Å². The van der Waals surface area contributed by atoms with Gasteiger partial charge in [-0.1, -0.05) is 13.0 Å². The molecule has 0 rings (SSSR count). The zero-order valence-electron chi connectivity index (χ0n) is 8.83. The van der Waals surface area contributed by atoms with E-state index in [0.717, 1.165) is 26.1 Å². The Labute approximate surface area is 81.5 Å². The van der Waals surface area contributed by atoms with Crippen molar-refractivity contribution >= 4 is 0 Å². The lowest BCUT2D eigenvalue weighted by Gasteiger charge is -2.28. The summed E-state index contributed by atoms with van der Waals surface area (Å²) in [5.41, 5.74) is 5.67. The molecule has 1 atom stereocenters. The van der Waals surface area contributed by atoms with Gasteiger partial charge in [-0.3, -0.25) is 4.90 Å². The molecule has 13 heavy (non-hydrogen) atoms. The molecule has 0 aromatic heterocycles. The predicted molar refractivity (Wildman–Crippen MR) is 56.8 cm³/mol. The van der Waals surface area contributed by atoms with Gasteiger partial charge in [-0.05, 0) is 6.42 Å². The molecule has 0 heterocycles. The van der Waals surface area contributed by atoms with Crippen LogP contribution >= 0.6 is 0 Å². The summed E-state index contributed by atoms with van der Waals surface area (Å²) in [7, 11) is 1.72. The van der Waals surface area contributed by atoms with Gasteiger partial charge in [0.1, 0.15) is 0 Å². The number of ether oxygens (including phenoxy) is 1. The van der Waals surface area contributed by atoms with Crippen LogP contribution in [-0.2, 0) is 4.74 Å². The van der Waals surface area contributed by atoms with Gasteiger partial charge in [0.05, 0.1) is 6.61 Å². The van der Waals surface area contributed by atoms with E-state index in [4.69, 9.17) is 10.5 Å². The van der Waals surface area contributed by atoms with Crippen molar-refractivity contribution in [1.82, 2.24) is 4.90 Å². The van der Waals surface area contributed by atoms with Crippen molar-refractivity contribution in [1.29, 1.82) is 0 Å². The van der Waals surface area contributed by atoms with E-state index < -0.39 is 0 Å². The molecule has 2 N–H and O–H groups in total. The lowest BCUT2D eigenvalue weighted by atomic mass is 10.2. The van der Waals surface area contributed by atoms with Gasteiger partial charge in [0.2, 0.25) is 0 Å². The minimum Gasteiger partial charge on any atom is -0.383 e. The molecule has 0 aromatic rings. The Hall–Kier alpha value is -0.380. The van der Waals surface area contributed by atoms with E-state index in [1.807, 2.05) is 6.08 Å². The van der Waals surface area contributed by atoms with E-state index in [-0.39, 0.29) is 0 Å². The normalized spacial score (nSPS) is 13.2. The smallest absolute Gasteiger partial charge is 0.0589 e. The maximum atomic E-state index is 5.67. The minimum absolute atomic E-state index is 0.452. The summed E-state index contributed by atoms with van der Waals surface area (Å²) in [5.74, 6) is 0. The standard InChI is InChI=1S/C10H22N2O/c1-4-6-12(7-8-13-3)10(5-2)9-11/h4,10H,1,5-9,11H2,2-3H3. The molecule has 3 heteroatoms. The van der Waals surface area contributed by atoms with Gasteiger partial charge in [-0.25, -0.2) is 0 Å². The summed E-state index contributed by atoms with van der Waals surface area (Å²) in [6.45, 7) is 9.16. The van der Waals surface area contributed by atoms with E-state index in [1.165, 1.54) is 0 Å². The van der Waals surface area contributed by atoms with Gasteiger partial charge in [-0.15, -0.1) is 6.58 Å². The molecule has 1 unspecified atom stereocenters. The summed E-state index contributed by atoms with van der Waals surface area (Å²) >= 11 is 0. The van der Waals surface area contributed by atoms with Crippen molar-refractivity contribution in [3.05, 3.63) is 12.7 Å². The summed E-state index contributed by atoms with van der Waals surface area (Å²) in [6, 6.07) is 0.452. The first-order chi connectivity index (χ1) is 6.29. The third kappa shape index (κ3) is 5.03. The van der Waals surface area contributed by atoms with Gasteiger partial charge in [0, 0.05) is 32.8 Å². The fraction of sp³-hybridized carbons (Fsp3) is 0.800. The van der Waals surface area contributed by atoms with Crippen LogP contribution in [-0.4, -0.2) is 44.3 Å². The molecule has 0 saturated carbocycles. The summed E-state index contributed by atoms with van der Waals surface area (Å²) < 4.78 is 5.04. The number of hydrogen-bond donors (Lipinski definition) is 1. The van der Waals surface area contributed by atoms with Crippen LogP contribution in [0.15, 0.2) is 12.7 Å². The monoisotopic (exact) mass is 186 g/mol. The molecule has 78 valence electrons. The first-order valence-electron chi connectivity index (χ1n) is 4.84. The third-order valence-electron chi connectivity index (χ3n) is 2.21. The SMILES string of the molecule is C=CCN(CCOC)C(CC)CN. The van der Waals surface area contributed by atoms with Crippen molar-refractivity contribution in [2.24, 2.45) is 5.73 Å². The van der Waals surface area contributed by atoms with Gasteiger partial charge in [-0.2, -0.15) is 0 Å². The molecular formula is C10H22N2O. The second kappa shape index (κ2) is 8.23. The zero-order valence-corrected chi connectivity index (χ0v) is 8.83. The van der Waals surface area contributed by atoms with Crippen LogP contribution in [0.25, 0.3) is 0 Å². The first kappa shape index (κ1) is 12.6. The van der Waals surface area contributed by atoms with E-state index >= 15 is 0 Å². The lowest BCUT2D eigenvalue weighted by molar-refractivity contribution is 0.128. The fourth-order valence-corrected chi connectivity index (χ4v) is 1.37. The summed E-state index contributed by atoms with van der Waals surface area (Å²) in [4.78, 5) is 2.30. The third-order valence-corrected chi connectivity index (χ3v) is 2.21. The van der Waals surface area contributed by atoms with Crippen molar-refractivity contribution in [2.45, 2.75) is 19.4 Å². The topological polar surface area (TPSA) is 38.5 Å². The quantitative estimate of drug-likeness (QED) is 0.571. The summed E-state index contributed by atoms with van der Waals surface area (Å²) in [5, 5.41) is 0. The van der Waals surface area contributed by atoms with E-state index in [1.54, 1.807) is 7.11 Å². The Morgan fingerprint density at radius 3 is 2.69 bits per heavy atom. The van der Waals surface area contributed by atoms with Crippen molar-refractivity contribution in [2.75, 3.05) is 33.4 Å². The second-order valence-electron chi connectivity index (χ2n) is 3.07. The number of rotatable bonds is 8. The Bertz CT molecular complexity index is 124. The minimum atomic E-state index is 0.452. The molecule has 0 aliphatic heterocycles. The molecule has 0 fully saturated rings. The maximum absolute atomic E-state index is 5.67. The number of nitrogens with two attached hydrogens (primary N) is 1. The average Bonchev–Trinajstić information content (AvgIpc) is 2.16. The predicted octanol–water partition coefficient (Wildman–Crippen LogP) is 0.858. The molecule has 0 spiro atoms. The van der Waals surface area contributed by atoms with E-state index in [2.05, 4.69) is 18.4 Å². The molecule has 3 nitrogen and oxygen atoms in total. The Kier molecular flexibility index (Phi) is 7.99. The maximum Gasteiger partial charge on any atom is 0.0589 e. The molecule has 0 bridgehead atoms. The number of hydrogen-bond acceptors (Lipinski definition) is 3. The molecular weight excluding hydrogens is 164 g/mol. The Morgan fingerprint density at radius 2 is 2.31 bits per heavy atom. The molecule has 0 saturated heterocycles. The van der Waals surface area contributed by atoms with Gasteiger partial charge >= 0.3 is 0 Å². The van der Waals surface area contributed by atoms with E-state index in [0.29, 0.717) is 12.6 Å². The molecule has 0 radical (unpaired) electrons. The highest BCUT2D eigenvalue weighted by molar-refractivity contribution is 4.79. The highest BCUT2D eigenvalue weighted by Crippen LogP contribution is 2.02. The number of methoxy groups -OCH3 is 1. The zero-order chi connectivity index (χ0) is 10.1. The Morgan fingerprint density at radius 1 is 1.62 bits per heavy atom. The largest absolute Gasteiger partial charge is 0.383 e. The highest BCUT2D eigenvalue weighted by atomic mass is 16.5. The first-order valence-corrected chi connectivity index (χ1v) is 4.84. The van der Waals surface area contributed by atoms with Crippen LogP contribution < -0.4 is 5.73 Å². The Balaban J connectivity index is 3.95. The van der Waals surface area contributed by atoms with Crippen molar-refractivity contribution < 1.29 is 4.74 Å². The summed E-state index contributed by atoms with van der Waals surface area (Å²) in [6.07, 6.45) is 2.99. The molecule has 0 aliphatic carbocycles. The van der Waals surface area contributed by atoms with Crippen molar-refractivity contribution in [3.63, 3.8) is 0 Å². The van der Waals surface area contributed by atoms with Gasteiger partial charge in [0.15, 0.2) is 0 Å². The average molecular weight is 186 g/mol. The van der Waals surface area contributed by atoms with Crippen LogP contribution in [0.3, 0.4) is 0 Å². The fourth-order valence-electron chi connectivity index (χ4n) is 1.37. The van der Waals surface area contributed by atoms with Crippen LogP contribution in [0.1, 0.15) is 13.3 Å². The molecule has 0 aromatic carbocycles. The molecule has 0 amide bonds. The second-order valence-corrected chi connectivity index (χ2v) is 3.07. The van der Waals surface area contributed by atoms with Gasteiger partial charge in [0.25, 0.3) is 0 Å². The molecule has 0 aliphatic rings. The lowest BCUT2D eigenvalue weighted by Crippen LogP contribution is -2.42.